The van der Waals surface area contributed by atoms with Crippen molar-refractivity contribution in [2.75, 3.05) is 39.1 Å². The number of likely N-dealkylation sites (tertiary alicyclic amines) is 1. The van der Waals surface area contributed by atoms with E-state index in [9.17, 15) is 9.18 Å². The summed E-state index contributed by atoms with van der Waals surface area (Å²) in [6.07, 6.45) is 10.4. The van der Waals surface area contributed by atoms with Gasteiger partial charge in [-0.25, -0.2) is 14.4 Å². The zero-order valence-corrected chi connectivity index (χ0v) is 20.4. The zero-order chi connectivity index (χ0) is 24.8. The van der Waals surface area contributed by atoms with Gasteiger partial charge in [0.15, 0.2) is 11.6 Å². The third-order valence-corrected chi connectivity index (χ3v) is 6.37. The van der Waals surface area contributed by atoms with E-state index < -0.39 is 5.82 Å². The summed E-state index contributed by atoms with van der Waals surface area (Å²) in [7, 11) is 2.92. The first-order chi connectivity index (χ1) is 17.0. The minimum atomic E-state index is -0.462. The second-order valence-corrected chi connectivity index (χ2v) is 8.67. The first kappa shape index (κ1) is 24.6. The van der Waals surface area contributed by atoms with Gasteiger partial charge in [0.1, 0.15) is 0 Å². The number of nitrogens with zero attached hydrogens (tertiary/aromatic N) is 5. The van der Waals surface area contributed by atoms with Crippen LogP contribution in [0.1, 0.15) is 47.3 Å². The van der Waals surface area contributed by atoms with E-state index in [0.717, 1.165) is 37.3 Å². The Morgan fingerprint density at radius 3 is 2.74 bits per heavy atom. The van der Waals surface area contributed by atoms with E-state index in [0.29, 0.717) is 36.0 Å². The predicted octanol–water partition coefficient (Wildman–Crippen LogP) is 3.37. The lowest BCUT2D eigenvalue weighted by Crippen LogP contribution is -2.36. The van der Waals surface area contributed by atoms with Crippen molar-refractivity contribution in [2.45, 2.75) is 38.6 Å². The number of benzene rings is 1. The molecule has 2 aromatic heterocycles. The van der Waals surface area contributed by atoms with Crippen molar-refractivity contribution >= 4 is 17.5 Å². The Labute approximate surface area is 204 Å². The van der Waals surface area contributed by atoms with Crippen molar-refractivity contribution in [3.8, 4) is 5.75 Å². The molecular weight excluding hydrogens is 449 g/mol. The molecule has 9 nitrogen and oxygen atoms in total. The lowest BCUT2D eigenvalue weighted by molar-refractivity contribution is 0.0962. The number of halogens is 1. The monoisotopic (exact) mass is 481 g/mol. The second kappa shape index (κ2) is 11.3. The number of amides is 1. The molecule has 2 N–H and O–H groups in total. The van der Waals surface area contributed by atoms with Crippen molar-refractivity contribution in [2.24, 2.45) is 0 Å². The molecule has 1 saturated heterocycles. The number of piperidine rings is 1. The van der Waals surface area contributed by atoms with Gasteiger partial charge in [-0.1, -0.05) is 6.92 Å². The van der Waals surface area contributed by atoms with Crippen molar-refractivity contribution in [1.82, 2.24) is 30.0 Å². The topological polar surface area (TPSA) is 97.2 Å². The molecule has 35 heavy (non-hydrogen) atoms. The summed E-state index contributed by atoms with van der Waals surface area (Å²) in [6.45, 7) is 5.41. The Morgan fingerprint density at radius 1 is 1.23 bits per heavy atom. The Hall–Kier alpha value is -3.53. The highest BCUT2D eigenvalue weighted by atomic mass is 19.1. The van der Waals surface area contributed by atoms with Crippen LogP contribution in [0.15, 0.2) is 36.9 Å². The van der Waals surface area contributed by atoms with Crippen LogP contribution >= 0.6 is 0 Å². The van der Waals surface area contributed by atoms with Crippen LogP contribution in [0.2, 0.25) is 0 Å². The second-order valence-electron chi connectivity index (χ2n) is 8.67. The van der Waals surface area contributed by atoms with Crippen molar-refractivity contribution in [1.29, 1.82) is 0 Å². The maximum absolute atomic E-state index is 14.7. The van der Waals surface area contributed by atoms with Gasteiger partial charge in [0.2, 0.25) is 5.95 Å². The normalized spacial score (nSPS) is 16.2. The fraction of sp³-hybridized carbons (Fsp3) is 0.440. The van der Waals surface area contributed by atoms with E-state index in [1.54, 1.807) is 24.7 Å². The molecule has 1 fully saturated rings. The highest BCUT2D eigenvalue weighted by Crippen LogP contribution is 2.25. The summed E-state index contributed by atoms with van der Waals surface area (Å²) >= 11 is 0. The van der Waals surface area contributed by atoms with Gasteiger partial charge in [-0.3, -0.25) is 9.48 Å². The van der Waals surface area contributed by atoms with Crippen LogP contribution in [0.25, 0.3) is 0 Å². The highest BCUT2D eigenvalue weighted by Gasteiger charge is 2.21. The van der Waals surface area contributed by atoms with E-state index in [1.165, 1.54) is 26.6 Å². The molecular formula is C25H32FN7O2. The van der Waals surface area contributed by atoms with Gasteiger partial charge in [0.05, 0.1) is 25.0 Å². The number of ether oxygens (including phenoxy) is 1. The Morgan fingerprint density at radius 2 is 2.03 bits per heavy atom. The van der Waals surface area contributed by atoms with Gasteiger partial charge in [-0.15, -0.1) is 0 Å². The summed E-state index contributed by atoms with van der Waals surface area (Å²) < 4.78 is 21.8. The van der Waals surface area contributed by atoms with Crippen molar-refractivity contribution in [3.63, 3.8) is 0 Å². The minimum Gasteiger partial charge on any atom is -0.494 e. The Bertz CT molecular complexity index is 1150. The SMILES string of the molecule is CCN1CCC[C@@H](n2cc(Nc3ncc(CCc4cc(C(=O)NC)cc(OC)c4F)cn3)cn2)C1. The number of aromatic nitrogens is 4. The molecule has 1 atom stereocenters. The number of anilines is 2. The number of methoxy groups -OCH3 is 1. The quantitative estimate of drug-likeness (QED) is 0.484. The smallest absolute Gasteiger partial charge is 0.251 e. The maximum atomic E-state index is 14.7. The van der Waals surface area contributed by atoms with E-state index in [2.05, 4.69) is 37.5 Å². The first-order valence-electron chi connectivity index (χ1n) is 11.9. The molecule has 3 aromatic rings. The van der Waals surface area contributed by atoms with Gasteiger partial charge >= 0.3 is 0 Å². The summed E-state index contributed by atoms with van der Waals surface area (Å²) in [5.41, 5.74) is 2.46. The molecule has 0 bridgehead atoms. The predicted molar refractivity (Wildman–Crippen MR) is 132 cm³/mol. The molecule has 0 spiro atoms. The number of nitrogens with one attached hydrogen (secondary N) is 2. The average molecular weight is 482 g/mol. The van der Waals surface area contributed by atoms with E-state index in [4.69, 9.17) is 4.74 Å². The van der Waals surface area contributed by atoms with Crippen LogP contribution in [-0.2, 0) is 12.8 Å². The number of likely N-dealkylation sites (N-methyl/N-ethyl adjacent to an activating group) is 1. The number of rotatable bonds is 9. The summed E-state index contributed by atoms with van der Waals surface area (Å²) in [5.74, 6) is -0.233. The standard InChI is InChI=1S/C25H32FN7O2/c1-4-32-9-5-6-21(16-32)33-15-20(14-30-33)31-25-28-12-17(13-29-25)7-8-18-10-19(24(34)27-2)11-22(35-3)23(18)26/h10-15,21H,4-9,16H2,1-3H3,(H,27,34)(H,28,29,31)/t21-/m1/s1. The van der Waals surface area contributed by atoms with Gasteiger partial charge < -0.3 is 20.3 Å². The third kappa shape index (κ3) is 5.94. The molecule has 1 aromatic carbocycles. The maximum Gasteiger partial charge on any atom is 0.251 e. The lowest BCUT2D eigenvalue weighted by atomic mass is 10.0. The summed E-state index contributed by atoms with van der Waals surface area (Å²) in [5, 5.41) is 10.3. The van der Waals surface area contributed by atoms with Crippen LogP contribution in [0.4, 0.5) is 16.0 Å². The number of aryl methyl sites for hydroxylation is 2. The molecule has 0 aliphatic carbocycles. The van der Waals surface area contributed by atoms with E-state index in [-0.39, 0.29) is 11.7 Å². The fourth-order valence-electron chi connectivity index (χ4n) is 4.35. The average Bonchev–Trinajstić information content (AvgIpc) is 3.37. The highest BCUT2D eigenvalue weighted by molar-refractivity contribution is 5.94. The van der Waals surface area contributed by atoms with Crippen LogP contribution < -0.4 is 15.4 Å². The van der Waals surface area contributed by atoms with Crippen LogP contribution in [0.5, 0.6) is 5.75 Å². The van der Waals surface area contributed by atoms with Crippen molar-refractivity contribution < 1.29 is 13.9 Å². The molecule has 0 unspecified atom stereocenters. The molecule has 4 rings (SSSR count). The Kier molecular flexibility index (Phi) is 7.91. The first-order valence-corrected chi connectivity index (χ1v) is 11.9. The summed E-state index contributed by atoms with van der Waals surface area (Å²) in [6, 6.07) is 3.33. The zero-order valence-electron chi connectivity index (χ0n) is 20.4. The van der Waals surface area contributed by atoms with Gasteiger partial charge in [0.25, 0.3) is 5.91 Å². The number of hydrogen-bond acceptors (Lipinski definition) is 7. The van der Waals surface area contributed by atoms with Crippen LogP contribution in [0.3, 0.4) is 0 Å². The molecule has 3 heterocycles. The van der Waals surface area contributed by atoms with Gasteiger partial charge in [-0.05, 0) is 62.0 Å². The molecule has 10 heteroatoms. The fourth-order valence-corrected chi connectivity index (χ4v) is 4.35. The van der Waals surface area contributed by atoms with Crippen LogP contribution in [0, 0.1) is 5.82 Å². The van der Waals surface area contributed by atoms with Crippen LogP contribution in [-0.4, -0.2) is 64.3 Å². The number of carbonyl (C=O) groups excluding carboxylic acids is 1. The lowest BCUT2D eigenvalue weighted by Gasteiger charge is -2.31. The minimum absolute atomic E-state index is 0.0491. The molecule has 1 aliphatic heterocycles. The molecule has 186 valence electrons. The largest absolute Gasteiger partial charge is 0.494 e. The summed E-state index contributed by atoms with van der Waals surface area (Å²) in [4.78, 5) is 23.2. The number of carbonyl (C=O) groups is 1. The van der Waals surface area contributed by atoms with Gasteiger partial charge in [-0.2, -0.15) is 5.10 Å². The third-order valence-electron chi connectivity index (χ3n) is 6.37. The molecule has 0 radical (unpaired) electrons. The molecule has 1 aliphatic rings. The molecule has 0 saturated carbocycles. The van der Waals surface area contributed by atoms with E-state index in [1.807, 2.05) is 10.9 Å². The van der Waals surface area contributed by atoms with Gasteiger partial charge in [0, 0.05) is 37.7 Å². The van der Waals surface area contributed by atoms with E-state index >= 15 is 0 Å². The Balaban J connectivity index is 1.37. The van der Waals surface area contributed by atoms with Crippen molar-refractivity contribution in [3.05, 3.63) is 59.4 Å². The molecule has 1 amide bonds. The number of hydrogen-bond donors (Lipinski definition) is 2.